The molecule has 1 N–H and O–H groups in total. The molecule has 0 fully saturated rings. The molecule has 1 aromatic rings. The van der Waals surface area contributed by atoms with Crippen LogP contribution in [0.4, 0.5) is 40.9 Å². The Hall–Kier alpha value is -1.88. The molecule has 0 aliphatic heterocycles. The Morgan fingerprint density at radius 1 is 1.05 bits per heavy atom. The zero-order valence-corrected chi connectivity index (χ0v) is 10.1. The molecule has 4 nitrogen and oxygen atoms in total. The lowest BCUT2D eigenvalue weighted by molar-refractivity contribution is -0.290. The van der Waals surface area contributed by atoms with Crippen molar-refractivity contribution in [3.05, 3.63) is 11.9 Å². The monoisotopic (exact) mass is 325 g/mol. The molecule has 1 aromatic heterocycles. The van der Waals surface area contributed by atoms with Crippen molar-refractivity contribution in [1.29, 1.82) is 0 Å². The van der Waals surface area contributed by atoms with Crippen molar-refractivity contribution in [2.45, 2.75) is 18.3 Å². The van der Waals surface area contributed by atoms with E-state index in [1.807, 2.05) is 0 Å². The average molecular weight is 325 g/mol. The van der Waals surface area contributed by atoms with Crippen LogP contribution in [-0.4, -0.2) is 35.7 Å². The van der Waals surface area contributed by atoms with Gasteiger partial charge in [-0.15, -0.1) is 0 Å². The normalized spacial score (nSPS) is 13.2. The number of alkyl halides is 8. The van der Waals surface area contributed by atoms with Crippen molar-refractivity contribution in [3.8, 4) is 5.88 Å². The lowest BCUT2D eigenvalue weighted by atomic mass is 10.3. The fourth-order valence-electron chi connectivity index (χ4n) is 1.00. The van der Waals surface area contributed by atoms with Gasteiger partial charge >= 0.3 is 18.3 Å². The molecule has 0 aliphatic carbocycles. The molecule has 0 atom stereocenters. The fraction of sp³-hybridized carbons (Fsp3) is 0.556. The van der Waals surface area contributed by atoms with Crippen LogP contribution in [0.25, 0.3) is 0 Å². The first-order valence-corrected chi connectivity index (χ1v) is 5.08. The maximum Gasteiger partial charge on any atom is 0.456 e. The van der Waals surface area contributed by atoms with E-state index in [1.54, 1.807) is 0 Å². The fourth-order valence-corrected chi connectivity index (χ4v) is 1.00. The second-order valence-corrected chi connectivity index (χ2v) is 3.65. The SMILES string of the molecule is CNc1cc(OCC(F)(F)C(F)(F)F)nc(C(F)(F)F)n1. The predicted molar refractivity (Wildman–Crippen MR) is 53.1 cm³/mol. The first kappa shape index (κ1) is 17.2. The standard InChI is InChI=1S/C9H7F8N3O/c1-18-4-2-5(20-6(19-4)8(12,13)14)21-3-7(10,11)9(15,16)17/h2H,3H2,1H3,(H,18,19,20). The van der Waals surface area contributed by atoms with Crippen LogP contribution in [0.1, 0.15) is 5.82 Å². The summed E-state index contributed by atoms with van der Waals surface area (Å²) in [6.07, 6.45) is -10.9. The molecular formula is C9H7F8N3O. The molecule has 0 spiro atoms. The average Bonchev–Trinajstić information content (AvgIpc) is 2.33. The molecule has 21 heavy (non-hydrogen) atoms. The number of hydrogen-bond acceptors (Lipinski definition) is 4. The maximum absolute atomic E-state index is 12.6. The van der Waals surface area contributed by atoms with Crippen LogP contribution in [0.3, 0.4) is 0 Å². The predicted octanol–water partition coefficient (Wildman–Crippen LogP) is 3.11. The van der Waals surface area contributed by atoms with Crippen molar-refractivity contribution in [3.63, 3.8) is 0 Å². The van der Waals surface area contributed by atoms with Gasteiger partial charge in [-0.1, -0.05) is 0 Å². The Labute approximate surface area is 112 Å². The molecular weight excluding hydrogens is 318 g/mol. The van der Waals surface area contributed by atoms with Gasteiger partial charge in [0.15, 0.2) is 6.61 Å². The lowest BCUT2D eigenvalue weighted by Gasteiger charge is -2.19. The largest absolute Gasteiger partial charge is 0.471 e. The van der Waals surface area contributed by atoms with E-state index < -0.39 is 42.4 Å². The Kier molecular flexibility index (Phi) is 4.48. The molecule has 1 rings (SSSR count). The molecule has 0 radical (unpaired) electrons. The lowest BCUT2D eigenvalue weighted by Crippen LogP contribution is -2.41. The highest BCUT2D eigenvalue weighted by atomic mass is 19.4. The topological polar surface area (TPSA) is 47.0 Å². The summed E-state index contributed by atoms with van der Waals surface area (Å²) in [6, 6.07) is 0.654. The summed E-state index contributed by atoms with van der Waals surface area (Å²) in [5, 5.41) is 2.17. The van der Waals surface area contributed by atoms with Gasteiger partial charge in [-0.3, -0.25) is 0 Å². The number of rotatable bonds is 4. The van der Waals surface area contributed by atoms with E-state index >= 15 is 0 Å². The van der Waals surface area contributed by atoms with Gasteiger partial charge in [0.25, 0.3) is 0 Å². The minimum Gasteiger partial charge on any atom is -0.471 e. The second kappa shape index (κ2) is 5.48. The van der Waals surface area contributed by atoms with Gasteiger partial charge in [0, 0.05) is 13.1 Å². The Morgan fingerprint density at radius 2 is 1.62 bits per heavy atom. The summed E-state index contributed by atoms with van der Waals surface area (Å²) in [5.74, 6) is -8.48. The minimum atomic E-state index is -5.89. The Morgan fingerprint density at radius 3 is 2.05 bits per heavy atom. The van der Waals surface area contributed by atoms with Crippen molar-refractivity contribution in [2.75, 3.05) is 19.0 Å². The van der Waals surface area contributed by atoms with Gasteiger partial charge in [0.2, 0.25) is 11.7 Å². The highest BCUT2D eigenvalue weighted by molar-refractivity contribution is 5.38. The third-order valence-corrected chi connectivity index (χ3v) is 2.03. The summed E-state index contributed by atoms with van der Waals surface area (Å²) >= 11 is 0. The molecule has 0 unspecified atom stereocenters. The summed E-state index contributed by atoms with van der Waals surface area (Å²) in [6.45, 7) is -2.20. The first-order valence-electron chi connectivity index (χ1n) is 5.08. The van der Waals surface area contributed by atoms with Crippen molar-refractivity contribution in [1.82, 2.24) is 9.97 Å². The molecule has 0 aromatic carbocycles. The zero-order valence-electron chi connectivity index (χ0n) is 10.1. The summed E-state index contributed by atoms with van der Waals surface area (Å²) in [7, 11) is 1.16. The van der Waals surface area contributed by atoms with Gasteiger partial charge in [-0.05, 0) is 0 Å². The smallest absolute Gasteiger partial charge is 0.456 e. The first-order chi connectivity index (χ1) is 9.37. The Bertz CT molecular complexity index is 499. The van der Waals surface area contributed by atoms with Crippen LogP contribution in [-0.2, 0) is 6.18 Å². The number of aromatic nitrogens is 2. The van der Waals surface area contributed by atoms with Gasteiger partial charge in [0.1, 0.15) is 5.82 Å². The highest BCUT2D eigenvalue weighted by Crippen LogP contribution is 2.36. The second-order valence-electron chi connectivity index (χ2n) is 3.65. The Balaban J connectivity index is 2.99. The summed E-state index contributed by atoms with van der Waals surface area (Å²) in [5.41, 5.74) is 0. The van der Waals surface area contributed by atoms with Crippen molar-refractivity contribution >= 4 is 5.82 Å². The number of ether oxygens (including phenoxy) is 1. The van der Waals surface area contributed by atoms with E-state index in [-0.39, 0.29) is 0 Å². The van der Waals surface area contributed by atoms with Gasteiger partial charge in [-0.25, -0.2) is 4.98 Å². The number of hydrogen-bond donors (Lipinski definition) is 1. The molecule has 0 aliphatic rings. The van der Waals surface area contributed by atoms with Crippen LogP contribution in [0.15, 0.2) is 6.07 Å². The quantitative estimate of drug-likeness (QED) is 0.864. The van der Waals surface area contributed by atoms with Crippen LogP contribution < -0.4 is 10.1 Å². The van der Waals surface area contributed by atoms with E-state index in [2.05, 4.69) is 20.0 Å². The molecule has 0 saturated carbocycles. The van der Waals surface area contributed by atoms with Crippen LogP contribution in [0.5, 0.6) is 5.88 Å². The molecule has 0 bridgehead atoms. The molecule has 120 valence electrons. The number of halogens is 8. The molecule has 0 saturated heterocycles. The number of nitrogens with one attached hydrogen (secondary N) is 1. The highest BCUT2D eigenvalue weighted by Gasteiger charge is 2.58. The van der Waals surface area contributed by atoms with E-state index in [1.165, 1.54) is 0 Å². The summed E-state index contributed by atoms with van der Waals surface area (Å²) in [4.78, 5) is 5.72. The van der Waals surface area contributed by atoms with E-state index in [4.69, 9.17) is 0 Å². The van der Waals surface area contributed by atoms with Crippen molar-refractivity contribution < 1.29 is 39.9 Å². The molecule has 0 amide bonds. The van der Waals surface area contributed by atoms with Crippen LogP contribution in [0, 0.1) is 0 Å². The third-order valence-electron chi connectivity index (χ3n) is 2.03. The van der Waals surface area contributed by atoms with Crippen LogP contribution in [0.2, 0.25) is 0 Å². The third kappa shape index (κ3) is 4.29. The minimum absolute atomic E-state index is 0.456. The van der Waals surface area contributed by atoms with Gasteiger partial charge < -0.3 is 10.1 Å². The molecule has 1 heterocycles. The van der Waals surface area contributed by atoms with Crippen LogP contribution >= 0.6 is 0 Å². The van der Waals surface area contributed by atoms with Gasteiger partial charge in [-0.2, -0.15) is 40.1 Å². The maximum atomic E-state index is 12.6. The molecule has 12 heteroatoms. The van der Waals surface area contributed by atoms with E-state index in [0.29, 0.717) is 6.07 Å². The van der Waals surface area contributed by atoms with E-state index in [9.17, 15) is 35.1 Å². The zero-order chi connectivity index (χ0) is 16.5. The van der Waals surface area contributed by atoms with Crippen molar-refractivity contribution in [2.24, 2.45) is 0 Å². The summed E-state index contributed by atoms with van der Waals surface area (Å²) < 4.78 is 102. The van der Waals surface area contributed by atoms with Gasteiger partial charge in [0.05, 0.1) is 0 Å². The number of nitrogens with zero attached hydrogens (tertiary/aromatic N) is 2. The number of anilines is 1. The van der Waals surface area contributed by atoms with E-state index in [0.717, 1.165) is 7.05 Å².